The van der Waals surface area contributed by atoms with Gasteiger partial charge in [-0.05, 0) is 43.7 Å². The molecule has 122 valence electrons. The van der Waals surface area contributed by atoms with Crippen molar-refractivity contribution in [1.29, 1.82) is 0 Å². The van der Waals surface area contributed by atoms with E-state index in [9.17, 15) is 18.0 Å². The third-order valence-corrected chi connectivity index (χ3v) is 4.19. The van der Waals surface area contributed by atoms with Crippen LogP contribution in [0.1, 0.15) is 35.7 Å². The van der Waals surface area contributed by atoms with Gasteiger partial charge in [0.2, 0.25) is 0 Å². The number of aromatic amines is 1. The second-order valence-electron chi connectivity index (χ2n) is 6.04. The summed E-state index contributed by atoms with van der Waals surface area (Å²) in [5, 5.41) is 0. The molecular formula is C16H16F3N3O. The molecule has 23 heavy (non-hydrogen) atoms. The van der Waals surface area contributed by atoms with Crippen molar-refractivity contribution >= 4 is 0 Å². The molecule has 1 unspecified atom stereocenters. The normalized spacial score (nSPS) is 17.9. The van der Waals surface area contributed by atoms with Crippen molar-refractivity contribution in [3.63, 3.8) is 0 Å². The molecule has 2 aromatic heterocycles. The highest BCUT2D eigenvalue weighted by Crippen LogP contribution is 2.37. The number of aromatic nitrogens is 3. The van der Waals surface area contributed by atoms with Crippen LogP contribution in [0.5, 0.6) is 0 Å². The smallest absolute Gasteiger partial charge is 0.305 e. The predicted molar refractivity (Wildman–Crippen MR) is 79.0 cm³/mol. The van der Waals surface area contributed by atoms with E-state index in [4.69, 9.17) is 0 Å². The Balaban J connectivity index is 2.20. The maximum Gasteiger partial charge on any atom is 0.418 e. The van der Waals surface area contributed by atoms with E-state index >= 15 is 0 Å². The number of hydrogen-bond acceptors (Lipinski definition) is 3. The van der Waals surface area contributed by atoms with Crippen molar-refractivity contribution in [2.75, 3.05) is 0 Å². The van der Waals surface area contributed by atoms with Crippen LogP contribution in [-0.2, 0) is 19.0 Å². The van der Waals surface area contributed by atoms with Crippen molar-refractivity contribution in [2.45, 2.75) is 39.3 Å². The lowest BCUT2D eigenvalue weighted by Gasteiger charge is -2.20. The molecule has 1 aliphatic carbocycles. The van der Waals surface area contributed by atoms with Gasteiger partial charge in [0.25, 0.3) is 5.56 Å². The van der Waals surface area contributed by atoms with Crippen LogP contribution in [0.4, 0.5) is 13.2 Å². The van der Waals surface area contributed by atoms with Crippen LogP contribution in [0.15, 0.2) is 17.1 Å². The monoisotopic (exact) mass is 323 g/mol. The Hall–Kier alpha value is -2.18. The van der Waals surface area contributed by atoms with Crippen LogP contribution in [0, 0.1) is 12.8 Å². The van der Waals surface area contributed by atoms with E-state index in [-0.39, 0.29) is 22.6 Å². The van der Waals surface area contributed by atoms with Crippen molar-refractivity contribution in [3.8, 4) is 11.5 Å². The molecule has 1 atom stereocenters. The standard InChI is InChI=1S/C16H16F3N3O/c1-8-3-4-11-10(7-8)15(23)22-14(21-11)13-12(16(17,18)19)9(2)5-6-20-13/h5-6,8H,3-4,7H2,1-2H3,(H,21,22,23). The number of nitrogens with one attached hydrogen (secondary N) is 1. The lowest BCUT2D eigenvalue weighted by atomic mass is 9.88. The molecule has 0 bridgehead atoms. The minimum absolute atomic E-state index is 0.0523. The summed E-state index contributed by atoms with van der Waals surface area (Å²) in [4.78, 5) is 22.8. The molecule has 0 saturated carbocycles. The fraction of sp³-hybridized carbons (Fsp3) is 0.438. The first kappa shape index (κ1) is 15.7. The van der Waals surface area contributed by atoms with E-state index in [0.29, 0.717) is 30.0 Å². The van der Waals surface area contributed by atoms with Crippen molar-refractivity contribution in [2.24, 2.45) is 5.92 Å². The van der Waals surface area contributed by atoms with Gasteiger partial charge in [0.15, 0.2) is 5.82 Å². The molecule has 2 heterocycles. The summed E-state index contributed by atoms with van der Waals surface area (Å²) < 4.78 is 40.0. The number of aryl methyl sites for hydroxylation is 2. The summed E-state index contributed by atoms with van der Waals surface area (Å²) >= 11 is 0. The van der Waals surface area contributed by atoms with Gasteiger partial charge in [-0.15, -0.1) is 0 Å². The summed E-state index contributed by atoms with van der Waals surface area (Å²) in [7, 11) is 0. The Kier molecular flexibility index (Phi) is 3.74. The van der Waals surface area contributed by atoms with Gasteiger partial charge in [-0.2, -0.15) is 13.2 Å². The van der Waals surface area contributed by atoms with Crippen molar-refractivity contribution in [1.82, 2.24) is 15.0 Å². The van der Waals surface area contributed by atoms with Gasteiger partial charge in [-0.1, -0.05) is 6.92 Å². The molecule has 0 amide bonds. The molecule has 0 saturated heterocycles. The number of nitrogens with zero attached hydrogens (tertiary/aromatic N) is 2. The van der Waals surface area contributed by atoms with E-state index in [1.54, 1.807) is 0 Å². The first-order valence-electron chi connectivity index (χ1n) is 7.42. The average molecular weight is 323 g/mol. The highest BCUT2D eigenvalue weighted by molar-refractivity contribution is 5.58. The van der Waals surface area contributed by atoms with E-state index in [2.05, 4.69) is 15.0 Å². The lowest BCUT2D eigenvalue weighted by Crippen LogP contribution is -2.25. The molecule has 0 aromatic carbocycles. The van der Waals surface area contributed by atoms with Gasteiger partial charge in [0, 0.05) is 11.8 Å². The van der Waals surface area contributed by atoms with Crippen LogP contribution in [0.2, 0.25) is 0 Å². The highest BCUT2D eigenvalue weighted by Gasteiger charge is 2.37. The van der Waals surface area contributed by atoms with Crippen molar-refractivity contribution in [3.05, 3.63) is 45.0 Å². The molecule has 4 nitrogen and oxygen atoms in total. The Labute approximate surface area is 130 Å². The van der Waals surface area contributed by atoms with E-state index in [0.717, 1.165) is 6.42 Å². The van der Waals surface area contributed by atoms with E-state index in [1.807, 2.05) is 6.92 Å². The van der Waals surface area contributed by atoms with Crippen molar-refractivity contribution < 1.29 is 13.2 Å². The molecule has 0 radical (unpaired) electrons. The van der Waals surface area contributed by atoms with Crippen LogP contribution in [-0.4, -0.2) is 15.0 Å². The van der Waals surface area contributed by atoms with E-state index < -0.39 is 11.7 Å². The minimum Gasteiger partial charge on any atom is -0.305 e. The Bertz CT molecular complexity index is 811. The van der Waals surface area contributed by atoms with Crippen LogP contribution in [0.3, 0.4) is 0 Å². The van der Waals surface area contributed by atoms with Crippen LogP contribution < -0.4 is 5.56 Å². The van der Waals surface area contributed by atoms with Gasteiger partial charge < -0.3 is 4.98 Å². The third-order valence-electron chi connectivity index (χ3n) is 4.19. The van der Waals surface area contributed by atoms with Crippen LogP contribution >= 0.6 is 0 Å². The number of pyridine rings is 1. The maximum atomic E-state index is 13.3. The second-order valence-corrected chi connectivity index (χ2v) is 6.04. The largest absolute Gasteiger partial charge is 0.418 e. The summed E-state index contributed by atoms with van der Waals surface area (Å²) in [5.41, 5.74) is -0.334. The first-order valence-corrected chi connectivity index (χ1v) is 7.42. The van der Waals surface area contributed by atoms with Gasteiger partial charge in [0.1, 0.15) is 5.69 Å². The quantitative estimate of drug-likeness (QED) is 0.876. The zero-order chi connectivity index (χ0) is 16.8. The number of fused-ring (bicyclic) bond motifs is 1. The van der Waals surface area contributed by atoms with Gasteiger partial charge >= 0.3 is 6.18 Å². The third kappa shape index (κ3) is 2.87. The van der Waals surface area contributed by atoms with Gasteiger partial charge in [-0.3, -0.25) is 9.78 Å². The summed E-state index contributed by atoms with van der Waals surface area (Å²) in [6, 6.07) is 1.30. The molecule has 3 rings (SSSR count). The number of rotatable bonds is 1. The molecule has 0 spiro atoms. The molecule has 0 fully saturated rings. The van der Waals surface area contributed by atoms with Gasteiger partial charge in [0.05, 0.1) is 11.3 Å². The number of alkyl halides is 3. The maximum absolute atomic E-state index is 13.3. The topological polar surface area (TPSA) is 58.6 Å². The minimum atomic E-state index is -4.56. The number of hydrogen-bond donors (Lipinski definition) is 1. The SMILES string of the molecule is Cc1ccnc(-c2nc3c(c(=O)[nH]2)CC(C)CC3)c1C(F)(F)F. The molecule has 2 aromatic rings. The highest BCUT2D eigenvalue weighted by atomic mass is 19.4. The average Bonchev–Trinajstić information content (AvgIpc) is 2.46. The summed E-state index contributed by atoms with van der Waals surface area (Å²) in [6.45, 7) is 3.41. The number of H-pyrrole nitrogens is 1. The first-order chi connectivity index (χ1) is 10.8. The molecule has 7 heteroatoms. The second kappa shape index (κ2) is 5.47. The number of halogens is 3. The molecule has 0 aliphatic heterocycles. The summed E-state index contributed by atoms with van der Waals surface area (Å²) in [6.07, 6.45) is -1.19. The zero-order valence-electron chi connectivity index (χ0n) is 12.8. The summed E-state index contributed by atoms with van der Waals surface area (Å²) in [5.74, 6) is 0.262. The fourth-order valence-electron chi connectivity index (χ4n) is 3.00. The molecule has 1 N–H and O–H groups in total. The van der Waals surface area contributed by atoms with Gasteiger partial charge in [-0.25, -0.2) is 4.98 Å². The molecule has 1 aliphatic rings. The Morgan fingerprint density at radius 3 is 2.78 bits per heavy atom. The molecular weight excluding hydrogens is 307 g/mol. The Morgan fingerprint density at radius 2 is 2.09 bits per heavy atom. The van der Waals surface area contributed by atoms with Crippen LogP contribution in [0.25, 0.3) is 11.5 Å². The Morgan fingerprint density at radius 1 is 1.35 bits per heavy atom. The fourth-order valence-corrected chi connectivity index (χ4v) is 3.00. The zero-order valence-corrected chi connectivity index (χ0v) is 12.8. The van der Waals surface area contributed by atoms with E-state index in [1.165, 1.54) is 19.2 Å². The lowest BCUT2D eigenvalue weighted by molar-refractivity contribution is -0.137. The predicted octanol–water partition coefficient (Wildman–Crippen LogP) is 3.28.